The minimum Gasteiger partial charge on any atom is -0.322 e. The first kappa shape index (κ1) is 26.1. The molecule has 8 heteroatoms. The molecular weight excluding hydrogens is 508 g/mol. The molecule has 0 aromatic carbocycles. The molecule has 5 aromatic heterocycles. The van der Waals surface area contributed by atoms with Crippen molar-refractivity contribution >= 4 is 5.65 Å². The molecule has 0 spiro atoms. The highest BCUT2D eigenvalue weighted by atomic mass is 15.4. The molecule has 2 aliphatic carbocycles. The van der Waals surface area contributed by atoms with Gasteiger partial charge in [0.15, 0.2) is 0 Å². The van der Waals surface area contributed by atoms with Gasteiger partial charge >= 0.3 is 0 Å². The van der Waals surface area contributed by atoms with E-state index >= 15 is 0 Å². The second-order valence-electron chi connectivity index (χ2n) is 12.9. The number of aromatic nitrogens is 7. The van der Waals surface area contributed by atoms with Crippen molar-refractivity contribution in [3.63, 3.8) is 0 Å². The first-order valence-electron chi connectivity index (χ1n) is 15.2. The van der Waals surface area contributed by atoms with Crippen LogP contribution in [0.4, 0.5) is 0 Å². The highest BCUT2D eigenvalue weighted by molar-refractivity contribution is 5.59. The van der Waals surface area contributed by atoms with Crippen molar-refractivity contribution in [1.29, 1.82) is 0 Å². The van der Waals surface area contributed by atoms with E-state index in [1.165, 1.54) is 56.9 Å². The lowest BCUT2D eigenvalue weighted by atomic mass is 9.56. The fourth-order valence-electron chi connectivity index (χ4n) is 7.84. The zero-order valence-corrected chi connectivity index (χ0v) is 24.2. The Kier molecular flexibility index (Phi) is 6.73. The summed E-state index contributed by atoms with van der Waals surface area (Å²) in [5, 5.41) is 12.9. The van der Waals surface area contributed by atoms with E-state index in [9.17, 15) is 0 Å². The number of hydrogen-bond donors (Lipinski definition) is 1. The summed E-state index contributed by atoms with van der Waals surface area (Å²) in [5.41, 5.74) is 6.72. The molecule has 5 heterocycles. The van der Waals surface area contributed by atoms with Gasteiger partial charge in [-0.1, -0.05) is 44.4 Å². The molecule has 2 bridgehead atoms. The highest BCUT2D eigenvalue weighted by Crippen LogP contribution is 2.53. The van der Waals surface area contributed by atoms with Crippen LogP contribution in [0.15, 0.2) is 73.7 Å². The average Bonchev–Trinajstić information content (AvgIpc) is 3.73. The third kappa shape index (κ3) is 5.45. The molecule has 2 fully saturated rings. The first-order chi connectivity index (χ1) is 20.0. The molecule has 0 saturated heterocycles. The lowest BCUT2D eigenvalue weighted by Crippen LogP contribution is -2.54. The number of pyridine rings is 2. The third-order valence-electron chi connectivity index (χ3n) is 9.36. The van der Waals surface area contributed by atoms with Gasteiger partial charge < -0.3 is 14.3 Å². The summed E-state index contributed by atoms with van der Waals surface area (Å²) < 4.78 is 6.03. The van der Waals surface area contributed by atoms with E-state index in [4.69, 9.17) is 4.98 Å². The van der Waals surface area contributed by atoms with Crippen LogP contribution in [0.1, 0.15) is 76.5 Å². The molecule has 1 N–H and O–H groups in total. The minimum absolute atomic E-state index is 0.267. The van der Waals surface area contributed by atoms with Crippen LogP contribution in [0.2, 0.25) is 0 Å². The zero-order valence-electron chi connectivity index (χ0n) is 24.2. The van der Waals surface area contributed by atoms with E-state index in [0.717, 1.165) is 40.7 Å². The molecular formula is C33H40N8. The van der Waals surface area contributed by atoms with Crippen molar-refractivity contribution in [2.45, 2.75) is 83.8 Å². The van der Waals surface area contributed by atoms with Gasteiger partial charge in [-0.05, 0) is 73.3 Å². The van der Waals surface area contributed by atoms with E-state index in [0.29, 0.717) is 12.0 Å². The van der Waals surface area contributed by atoms with Crippen LogP contribution in [0, 0.1) is 11.3 Å². The van der Waals surface area contributed by atoms with Crippen LogP contribution in [0.3, 0.4) is 0 Å². The van der Waals surface area contributed by atoms with Gasteiger partial charge in [-0.2, -0.15) is 0 Å². The Bertz CT molecular complexity index is 1630. The van der Waals surface area contributed by atoms with Crippen molar-refractivity contribution < 1.29 is 0 Å². The largest absolute Gasteiger partial charge is 0.322 e. The summed E-state index contributed by atoms with van der Waals surface area (Å²) in [6.07, 6.45) is 24.8. The van der Waals surface area contributed by atoms with Gasteiger partial charge in [-0.3, -0.25) is 4.98 Å². The summed E-state index contributed by atoms with van der Waals surface area (Å²) in [6.45, 7) is 6.34. The van der Waals surface area contributed by atoms with Gasteiger partial charge in [0.2, 0.25) is 0 Å². The number of nitrogens with zero attached hydrogens (tertiary/aromatic N) is 7. The Labute approximate surface area is 241 Å². The molecule has 2 saturated carbocycles. The highest BCUT2D eigenvalue weighted by Gasteiger charge is 2.46. The van der Waals surface area contributed by atoms with E-state index in [2.05, 4.69) is 69.5 Å². The van der Waals surface area contributed by atoms with Crippen LogP contribution in [-0.4, -0.2) is 39.5 Å². The zero-order chi connectivity index (χ0) is 27.9. The normalized spacial score (nSPS) is 24.2. The van der Waals surface area contributed by atoms with Gasteiger partial charge in [0.1, 0.15) is 11.3 Å². The second kappa shape index (κ2) is 10.6. The molecule has 0 amide bonds. The molecule has 3 unspecified atom stereocenters. The van der Waals surface area contributed by atoms with Gasteiger partial charge in [0.05, 0.1) is 30.3 Å². The summed E-state index contributed by atoms with van der Waals surface area (Å²) >= 11 is 0. The topological polar surface area (TPSA) is 77.9 Å². The molecule has 5 aromatic rings. The molecule has 0 radical (unpaired) electrons. The van der Waals surface area contributed by atoms with Crippen LogP contribution in [0.25, 0.3) is 22.6 Å². The summed E-state index contributed by atoms with van der Waals surface area (Å²) in [7, 11) is 0. The third-order valence-corrected chi connectivity index (χ3v) is 9.36. The molecule has 3 atom stereocenters. The lowest BCUT2D eigenvalue weighted by molar-refractivity contribution is 0.0157. The molecule has 0 aliphatic heterocycles. The predicted molar refractivity (Wildman–Crippen MR) is 161 cm³/mol. The van der Waals surface area contributed by atoms with Gasteiger partial charge in [0, 0.05) is 48.6 Å². The maximum atomic E-state index is 4.86. The van der Waals surface area contributed by atoms with Crippen molar-refractivity contribution in [1.82, 2.24) is 39.2 Å². The average molecular weight is 549 g/mol. The van der Waals surface area contributed by atoms with Crippen molar-refractivity contribution in [3.8, 4) is 16.9 Å². The molecule has 7 rings (SSSR count). The fraction of sp³-hybridized carbons (Fsp3) is 0.455. The van der Waals surface area contributed by atoms with Crippen molar-refractivity contribution in [2.75, 3.05) is 0 Å². The van der Waals surface area contributed by atoms with Crippen LogP contribution >= 0.6 is 0 Å². The van der Waals surface area contributed by atoms with Crippen molar-refractivity contribution in [2.24, 2.45) is 11.3 Å². The predicted octanol–water partition coefficient (Wildman–Crippen LogP) is 6.45. The summed E-state index contributed by atoms with van der Waals surface area (Å²) in [6, 6.07) is 10.4. The first-order valence-corrected chi connectivity index (χ1v) is 15.2. The van der Waals surface area contributed by atoms with E-state index < -0.39 is 0 Å². The van der Waals surface area contributed by atoms with Crippen LogP contribution in [-0.2, 0) is 13.1 Å². The van der Waals surface area contributed by atoms with Crippen LogP contribution < -0.4 is 5.32 Å². The number of imidazole rings is 1. The van der Waals surface area contributed by atoms with Gasteiger partial charge in [-0.25, -0.2) is 9.67 Å². The Morgan fingerprint density at radius 3 is 2.83 bits per heavy atom. The number of fused-ring (bicyclic) bond motifs is 3. The maximum absolute atomic E-state index is 4.86. The number of nitrogens with one attached hydrogen (secondary N) is 1. The second-order valence-corrected chi connectivity index (χ2v) is 12.9. The summed E-state index contributed by atoms with van der Waals surface area (Å²) in [4.78, 5) is 9.26. The Morgan fingerprint density at radius 2 is 1.98 bits per heavy atom. The van der Waals surface area contributed by atoms with Gasteiger partial charge in [0.25, 0.3) is 0 Å². The number of rotatable bonds is 9. The van der Waals surface area contributed by atoms with E-state index in [1.807, 2.05) is 52.4 Å². The minimum atomic E-state index is 0.267. The summed E-state index contributed by atoms with van der Waals surface area (Å²) in [5.74, 6) is 0.886. The number of hydrogen-bond acceptors (Lipinski definition) is 5. The van der Waals surface area contributed by atoms with E-state index in [-0.39, 0.29) is 5.54 Å². The monoisotopic (exact) mass is 548 g/mol. The SMILES string of the molecule is CCCC1(NCc2ccc3nc(Cn4cc(-c5cncc(-n6cccc6)c5)nn4)cn3c2)CC2CCCC(C)(C2)C1. The fourth-order valence-corrected chi connectivity index (χ4v) is 7.84. The quantitative estimate of drug-likeness (QED) is 0.229. The molecule has 212 valence electrons. The molecule has 8 nitrogen and oxygen atoms in total. The van der Waals surface area contributed by atoms with Crippen molar-refractivity contribution in [3.05, 3.63) is 85.0 Å². The molecule has 2 aliphatic rings. The Hall–Kier alpha value is -3.78. The maximum Gasteiger partial charge on any atom is 0.137 e. The Balaban J connectivity index is 1.04. The lowest BCUT2D eigenvalue weighted by Gasteiger charge is -2.53. The molecule has 41 heavy (non-hydrogen) atoms. The Morgan fingerprint density at radius 1 is 1.07 bits per heavy atom. The van der Waals surface area contributed by atoms with Crippen LogP contribution in [0.5, 0.6) is 0 Å². The smallest absolute Gasteiger partial charge is 0.137 e. The standard InChI is InChI=1S/C33H40N8/c1-3-10-33(16-25-7-6-11-32(2,15-25)24-33)35-17-26-8-9-31-36-28(21-40(31)20-26)22-41-23-30(37-38-41)27-14-29(19-34-18-27)39-12-4-5-13-39/h4-5,8-9,12-14,18-21,23,25,35H,3,6-7,10-11,15-17,22,24H2,1-2H3. The van der Waals surface area contributed by atoms with E-state index in [1.54, 1.807) is 0 Å². The van der Waals surface area contributed by atoms with Gasteiger partial charge in [-0.15, -0.1) is 5.10 Å².